The van der Waals surface area contributed by atoms with E-state index in [0.717, 1.165) is 11.3 Å². The van der Waals surface area contributed by atoms with Crippen molar-refractivity contribution >= 4 is 27.7 Å². The number of hydrogen-bond donors (Lipinski definition) is 1. The van der Waals surface area contributed by atoms with Crippen LogP contribution in [0.1, 0.15) is 5.56 Å². The molecule has 0 saturated carbocycles. The number of amides is 1. The van der Waals surface area contributed by atoms with Gasteiger partial charge in [-0.15, -0.1) is 0 Å². The number of carbonyl (C=O) groups is 1. The van der Waals surface area contributed by atoms with E-state index in [1.54, 1.807) is 12.1 Å². The average molecular weight is 319 g/mol. The van der Waals surface area contributed by atoms with Crippen LogP contribution in [0.5, 0.6) is 5.75 Å². The van der Waals surface area contributed by atoms with Crippen LogP contribution < -0.4 is 10.1 Å². The molecule has 2 heterocycles. The SMILES string of the molecule is O=C(Nc1cccc(Br)n1)C1Cc2ccccc2O1. The topological polar surface area (TPSA) is 51.2 Å². The van der Waals surface area contributed by atoms with Crippen molar-refractivity contribution in [3.8, 4) is 5.75 Å². The minimum atomic E-state index is -0.488. The molecule has 2 aromatic rings. The number of ether oxygens (including phenoxy) is 1. The molecule has 1 atom stereocenters. The molecule has 0 spiro atoms. The first-order valence-corrected chi connectivity index (χ1v) is 6.69. The molecule has 4 nitrogen and oxygen atoms in total. The van der Waals surface area contributed by atoms with Gasteiger partial charge in [-0.2, -0.15) is 0 Å². The van der Waals surface area contributed by atoms with Crippen molar-refractivity contribution in [1.29, 1.82) is 0 Å². The summed E-state index contributed by atoms with van der Waals surface area (Å²) in [5, 5.41) is 2.75. The number of benzene rings is 1. The van der Waals surface area contributed by atoms with Crippen molar-refractivity contribution < 1.29 is 9.53 Å². The molecule has 1 unspecified atom stereocenters. The van der Waals surface area contributed by atoms with Gasteiger partial charge in [-0.05, 0) is 39.7 Å². The lowest BCUT2D eigenvalue weighted by Crippen LogP contribution is -2.31. The maximum Gasteiger partial charge on any atom is 0.266 e. The van der Waals surface area contributed by atoms with Gasteiger partial charge in [-0.3, -0.25) is 4.79 Å². The molecule has 0 radical (unpaired) electrons. The van der Waals surface area contributed by atoms with E-state index >= 15 is 0 Å². The van der Waals surface area contributed by atoms with Crippen LogP contribution in [-0.2, 0) is 11.2 Å². The summed E-state index contributed by atoms with van der Waals surface area (Å²) in [5.74, 6) is 1.12. The predicted molar refractivity (Wildman–Crippen MR) is 75.1 cm³/mol. The van der Waals surface area contributed by atoms with Crippen LogP contribution in [0.4, 0.5) is 5.82 Å². The van der Waals surface area contributed by atoms with Crippen LogP contribution in [0.25, 0.3) is 0 Å². The van der Waals surface area contributed by atoms with Gasteiger partial charge in [0.25, 0.3) is 5.91 Å². The maximum absolute atomic E-state index is 12.1. The summed E-state index contributed by atoms with van der Waals surface area (Å²) in [4.78, 5) is 16.3. The molecule has 1 aromatic heterocycles. The number of carbonyl (C=O) groups excluding carboxylic acids is 1. The molecule has 1 aromatic carbocycles. The third-order valence-corrected chi connectivity index (χ3v) is 3.35. The molecule has 0 aliphatic carbocycles. The Labute approximate surface area is 118 Å². The second-order valence-corrected chi connectivity index (χ2v) is 5.07. The molecule has 5 heteroatoms. The monoisotopic (exact) mass is 318 g/mol. The first-order chi connectivity index (χ1) is 9.22. The van der Waals surface area contributed by atoms with E-state index in [2.05, 4.69) is 26.2 Å². The molecule has 19 heavy (non-hydrogen) atoms. The average Bonchev–Trinajstić information content (AvgIpc) is 2.82. The van der Waals surface area contributed by atoms with Gasteiger partial charge >= 0.3 is 0 Å². The Balaban J connectivity index is 1.70. The fourth-order valence-corrected chi connectivity index (χ4v) is 2.36. The van der Waals surface area contributed by atoms with Crippen LogP contribution in [0.2, 0.25) is 0 Å². The van der Waals surface area contributed by atoms with E-state index in [1.165, 1.54) is 0 Å². The molecule has 1 aliphatic rings. The molecule has 1 aliphatic heterocycles. The van der Waals surface area contributed by atoms with Gasteiger partial charge in [-0.25, -0.2) is 4.98 Å². The zero-order valence-corrected chi connectivity index (χ0v) is 11.6. The highest BCUT2D eigenvalue weighted by molar-refractivity contribution is 9.10. The van der Waals surface area contributed by atoms with Gasteiger partial charge in [0.05, 0.1) is 0 Å². The van der Waals surface area contributed by atoms with Crippen LogP contribution in [-0.4, -0.2) is 17.0 Å². The van der Waals surface area contributed by atoms with Crippen molar-refractivity contribution in [2.75, 3.05) is 5.32 Å². The molecule has 0 saturated heterocycles. The Hall–Kier alpha value is -1.88. The van der Waals surface area contributed by atoms with Gasteiger partial charge in [0, 0.05) is 6.42 Å². The summed E-state index contributed by atoms with van der Waals surface area (Å²) >= 11 is 3.27. The third kappa shape index (κ3) is 2.61. The summed E-state index contributed by atoms with van der Waals surface area (Å²) in [6, 6.07) is 13.0. The summed E-state index contributed by atoms with van der Waals surface area (Å²) in [5.41, 5.74) is 1.06. The summed E-state index contributed by atoms with van der Waals surface area (Å²) < 4.78 is 6.30. The molecular formula is C14H11BrN2O2. The highest BCUT2D eigenvalue weighted by atomic mass is 79.9. The van der Waals surface area contributed by atoms with E-state index in [1.807, 2.05) is 30.3 Å². The molecule has 1 amide bonds. The van der Waals surface area contributed by atoms with Gasteiger partial charge in [0.2, 0.25) is 0 Å². The number of nitrogens with zero attached hydrogens (tertiary/aromatic N) is 1. The normalized spacial score (nSPS) is 16.6. The number of hydrogen-bond acceptors (Lipinski definition) is 3. The Morgan fingerprint density at radius 1 is 1.26 bits per heavy atom. The number of fused-ring (bicyclic) bond motifs is 1. The predicted octanol–water partition coefficient (Wildman–Crippen LogP) is 2.79. The van der Waals surface area contributed by atoms with E-state index in [9.17, 15) is 4.79 Å². The summed E-state index contributed by atoms with van der Waals surface area (Å²) in [6.07, 6.45) is 0.105. The van der Waals surface area contributed by atoms with E-state index in [4.69, 9.17) is 4.74 Å². The lowest BCUT2D eigenvalue weighted by atomic mass is 10.1. The third-order valence-electron chi connectivity index (χ3n) is 2.91. The van der Waals surface area contributed by atoms with Crippen LogP contribution >= 0.6 is 15.9 Å². The zero-order valence-electron chi connectivity index (χ0n) is 9.97. The van der Waals surface area contributed by atoms with E-state index < -0.39 is 6.10 Å². The highest BCUT2D eigenvalue weighted by Crippen LogP contribution is 2.28. The smallest absolute Gasteiger partial charge is 0.266 e. The minimum Gasteiger partial charge on any atom is -0.480 e. The quantitative estimate of drug-likeness (QED) is 0.866. The number of halogens is 1. The molecule has 96 valence electrons. The van der Waals surface area contributed by atoms with Crippen molar-refractivity contribution in [2.45, 2.75) is 12.5 Å². The second-order valence-electron chi connectivity index (χ2n) is 4.25. The van der Waals surface area contributed by atoms with E-state index in [0.29, 0.717) is 16.8 Å². The molecule has 3 rings (SSSR count). The number of aromatic nitrogens is 1. The van der Waals surface area contributed by atoms with Gasteiger partial charge in [0.1, 0.15) is 16.2 Å². The lowest BCUT2D eigenvalue weighted by molar-refractivity contribution is -0.122. The molecule has 0 fully saturated rings. The zero-order chi connectivity index (χ0) is 13.2. The van der Waals surface area contributed by atoms with Crippen LogP contribution in [0.15, 0.2) is 47.1 Å². The Morgan fingerprint density at radius 2 is 2.11 bits per heavy atom. The Kier molecular flexibility index (Phi) is 3.21. The summed E-state index contributed by atoms with van der Waals surface area (Å²) in [7, 11) is 0. The minimum absolute atomic E-state index is 0.179. The fourth-order valence-electron chi connectivity index (χ4n) is 2.01. The molecular weight excluding hydrogens is 308 g/mol. The highest BCUT2D eigenvalue weighted by Gasteiger charge is 2.28. The number of pyridine rings is 1. The Bertz CT molecular complexity index is 605. The van der Waals surface area contributed by atoms with Crippen molar-refractivity contribution in [3.63, 3.8) is 0 Å². The fraction of sp³-hybridized carbons (Fsp3) is 0.143. The Morgan fingerprint density at radius 3 is 2.89 bits per heavy atom. The first kappa shape index (κ1) is 12.2. The largest absolute Gasteiger partial charge is 0.480 e. The number of rotatable bonds is 2. The van der Waals surface area contributed by atoms with Crippen molar-refractivity contribution in [2.24, 2.45) is 0 Å². The molecule has 0 bridgehead atoms. The second kappa shape index (κ2) is 5.01. The van der Waals surface area contributed by atoms with E-state index in [-0.39, 0.29) is 5.91 Å². The lowest BCUT2D eigenvalue weighted by Gasteiger charge is -2.10. The number of anilines is 1. The number of para-hydroxylation sites is 1. The van der Waals surface area contributed by atoms with Crippen LogP contribution in [0, 0.1) is 0 Å². The summed E-state index contributed by atoms with van der Waals surface area (Å²) in [6.45, 7) is 0. The maximum atomic E-state index is 12.1. The van der Waals surface area contributed by atoms with Crippen LogP contribution in [0.3, 0.4) is 0 Å². The number of nitrogens with one attached hydrogen (secondary N) is 1. The van der Waals surface area contributed by atoms with Gasteiger partial charge in [0.15, 0.2) is 6.10 Å². The van der Waals surface area contributed by atoms with Gasteiger partial charge < -0.3 is 10.1 Å². The van der Waals surface area contributed by atoms with Crippen molar-refractivity contribution in [3.05, 3.63) is 52.6 Å². The van der Waals surface area contributed by atoms with Crippen molar-refractivity contribution in [1.82, 2.24) is 4.98 Å². The first-order valence-electron chi connectivity index (χ1n) is 5.90. The standard InChI is InChI=1S/C14H11BrN2O2/c15-12-6-3-7-13(16-12)17-14(18)11-8-9-4-1-2-5-10(9)19-11/h1-7,11H,8H2,(H,16,17,18). The van der Waals surface area contributed by atoms with Gasteiger partial charge in [-0.1, -0.05) is 24.3 Å². The molecule has 1 N–H and O–H groups in total.